The van der Waals surface area contributed by atoms with E-state index in [9.17, 15) is 5.11 Å². The molecule has 9 heteroatoms. The second-order valence-corrected chi connectivity index (χ2v) is 5.54. The standard InChI is InChI=1S/C15H25N7O.HI/c1-10-13(11(2)22(5)20-10)7-17-15(16-3)18-8-14(23)12-6-19-21(4)9-12;/h6,9,14,23H,7-8H2,1-5H3,(H2,16,17,18);1H. The first-order chi connectivity index (χ1) is 10.9. The highest BCUT2D eigenvalue weighted by molar-refractivity contribution is 14.0. The van der Waals surface area contributed by atoms with Gasteiger partial charge in [-0.15, -0.1) is 24.0 Å². The molecule has 0 aliphatic rings. The zero-order valence-corrected chi connectivity index (χ0v) is 17.1. The summed E-state index contributed by atoms with van der Waals surface area (Å²) >= 11 is 0. The van der Waals surface area contributed by atoms with Crippen LogP contribution in [-0.2, 0) is 20.6 Å². The number of aliphatic hydroxyl groups is 1. The van der Waals surface area contributed by atoms with E-state index in [1.807, 2.05) is 32.6 Å². The van der Waals surface area contributed by atoms with E-state index in [0.717, 1.165) is 22.5 Å². The Balaban J connectivity index is 0.00000288. The van der Waals surface area contributed by atoms with Crippen LogP contribution in [-0.4, -0.2) is 44.2 Å². The third-order valence-electron chi connectivity index (χ3n) is 3.89. The second-order valence-electron chi connectivity index (χ2n) is 5.54. The van der Waals surface area contributed by atoms with Crippen LogP contribution in [0.2, 0.25) is 0 Å². The number of halogens is 1. The van der Waals surface area contributed by atoms with Crippen LogP contribution in [0, 0.1) is 13.8 Å². The summed E-state index contributed by atoms with van der Waals surface area (Å²) in [4.78, 5) is 4.18. The minimum absolute atomic E-state index is 0. The molecule has 0 aromatic carbocycles. The largest absolute Gasteiger partial charge is 0.386 e. The first-order valence-electron chi connectivity index (χ1n) is 7.52. The fraction of sp³-hybridized carbons (Fsp3) is 0.533. The van der Waals surface area contributed by atoms with Crippen LogP contribution in [0.1, 0.15) is 28.6 Å². The highest BCUT2D eigenvalue weighted by atomic mass is 127. The maximum absolute atomic E-state index is 10.1. The molecule has 0 aliphatic carbocycles. The van der Waals surface area contributed by atoms with Crippen LogP contribution < -0.4 is 10.6 Å². The Morgan fingerprint density at radius 1 is 1.33 bits per heavy atom. The van der Waals surface area contributed by atoms with E-state index in [1.54, 1.807) is 24.1 Å². The fourth-order valence-corrected chi connectivity index (χ4v) is 2.39. The Bertz CT molecular complexity index is 692. The first-order valence-corrected chi connectivity index (χ1v) is 7.52. The highest BCUT2D eigenvalue weighted by Gasteiger charge is 2.12. The molecule has 0 bridgehead atoms. The van der Waals surface area contributed by atoms with Gasteiger partial charge in [0.1, 0.15) is 0 Å². The number of rotatable bonds is 5. The maximum atomic E-state index is 10.1. The Labute approximate surface area is 159 Å². The summed E-state index contributed by atoms with van der Waals surface area (Å²) < 4.78 is 3.54. The van der Waals surface area contributed by atoms with Gasteiger partial charge in [0.15, 0.2) is 5.96 Å². The van der Waals surface area contributed by atoms with E-state index in [0.29, 0.717) is 19.0 Å². The normalized spacial score (nSPS) is 12.7. The lowest BCUT2D eigenvalue weighted by atomic mass is 10.2. The van der Waals surface area contributed by atoms with Crippen LogP contribution >= 0.6 is 24.0 Å². The van der Waals surface area contributed by atoms with E-state index in [2.05, 4.69) is 25.8 Å². The molecule has 0 saturated carbocycles. The molecule has 8 nitrogen and oxygen atoms in total. The Kier molecular flexibility index (Phi) is 7.67. The summed E-state index contributed by atoms with van der Waals surface area (Å²) in [5, 5.41) is 25.0. The molecule has 0 aliphatic heterocycles. The number of aliphatic hydroxyl groups excluding tert-OH is 1. The molecule has 2 aromatic heterocycles. The van der Waals surface area contributed by atoms with Crippen LogP contribution in [0.25, 0.3) is 0 Å². The monoisotopic (exact) mass is 447 g/mol. The molecule has 2 aromatic rings. The van der Waals surface area contributed by atoms with E-state index < -0.39 is 6.10 Å². The van der Waals surface area contributed by atoms with Gasteiger partial charge >= 0.3 is 0 Å². The molecular formula is C15H26IN7O. The number of guanidine groups is 1. The summed E-state index contributed by atoms with van der Waals surface area (Å²) in [6, 6.07) is 0. The molecule has 0 saturated heterocycles. The smallest absolute Gasteiger partial charge is 0.191 e. The summed E-state index contributed by atoms with van der Waals surface area (Å²) in [6.45, 7) is 5.02. The third kappa shape index (κ3) is 4.94. The lowest BCUT2D eigenvalue weighted by Gasteiger charge is -2.14. The van der Waals surface area contributed by atoms with Crippen molar-refractivity contribution in [3.63, 3.8) is 0 Å². The Hall–Kier alpha value is -1.62. The number of hydrogen-bond donors (Lipinski definition) is 3. The predicted octanol–water partition coefficient (Wildman–Crippen LogP) is 0.787. The van der Waals surface area contributed by atoms with E-state index in [1.165, 1.54) is 0 Å². The van der Waals surface area contributed by atoms with E-state index in [-0.39, 0.29) is 24.0 Å². The molecule has 2 rings (SSSR count). The van der Waals surface area contributed by atoms with Crippen molar-refractivity contribution in [3.05, 3.63) is 34.9 Å². The highest BCUT2D eigenvalue weighted by Crippen LogP contribution is 2.11. The third-order valence-corrected chi connectivity index (χ3v) is 3.89. The Morgan fingerprint density at radius 2 is 2.04 bits per heavy atom. The molecule has 0 amide bonds. The number of aryl methyl sites for hydroxylation is 3. The first kappa shape index (κ1) is 20.4. The average molecular weight is 447 g/mol. The van der Waals surface area contributed by atoms with Crippen LogP contribution in [0.15, 0.2) is 17.4 Å². The fourth-order valence-electron chi connectivity index (χ4n) is 2.39. The van der Waals surface area contributed by atoms with Crippen LogP contribution in [0.3, 0.4) is 0 Å². The molecule has 1 unspecified atom stereocenters. The van der Waals surface area contributed by atoms with Crippen molar-refractivity contribution < 1.29 is 5.11 Å². The van der Waals surface area contributed by atoms with Gasteiger partial charge in [0.2, 0.25) is 0 Å². The molecule has 24 heavy (non-hydrogen) atoms. The molecule has 0 radical (unpaired) electrons. The van der Waals surface area contributed by atoms with Gasteiger partial charge in [0.25, 0.3) is 0 Å². The van der Waals surface area contributed by atoms with Gasteiger partial charge in [-0.05, 0) is 13.8 Å². The molecule has 2 heterocycles. The van der Waals surface area contributed by atoms with Crippen molar-refractivity contribution in [1.82, 2.24) is 30.2 Å². The molecule has 1 atom stereocenters. The SMILES string of the molecule is CN=C(NCc1c(C)nn(C)c1C)NCC(O)c1cnn(C)c1.I. The average Bonchev–Trinajstić information content (AvgIpc) is 3.05. The zero-order valence-electron chi connectivity index (χ0n) is 14.7. The van der Waals surface area contributed by atoms with Crippen molar-refractivity contribution >= 4 is 29.9 Å². The van der Waals surface area contributed by atoms with Crippen molar-refractivity contribution in [2.75, 3.05) is 13.6 Å². The number of nitrogens with one attached hydrogen (secondary N) is 2. The maximum Gasteiger partial charge on any atom is 0.191 e. The zero-order chi connectivity index (χ0) is 17.0. The van der Waals surface area contributed by atoms with Crippen LogP contribution in [0.4, 0.5) is 0 Å². The second kappa shape index (κ2) is 9.02. The lowest BCUT2D eigenvalue weighted by Crippen LogP contribution is -2.39. The van der Waals surface area contributed by atoms with Crippen LogP contribution in [0.5, 0.6) is 0 Å². The van der Waals surface area contributed by atoms with E-state index in [4.69, 9.17) is 0 Å². The minimum Gasteiger partial charge on any atom is -0.386 e. The molecular weight excluding hydrogens is 421 g/mol. The molecule has 0 spiro atoms. The van der Waals surface area contributed by atoms with Crippen molar-refractivity contribution in [3.8, 4) is 0 Å². The van der Waals surface area contributed by atoms with Crippen molar-refractivity contribution in [2.45, 2.75) is 26.5 Å². The van der Waals surface area contributed by atoms with Gasteiger partial charge in [-0.2, -0.15) is 10.2 Å². The quantitative estimate of drug-likeness (QED) is 0.358. The molecule has 3 N–H and O–H groups in total. The van der Waals surface area contributed by atoms with Gasteiger partial charge in [-0.25, -0.2) is 0 Å². The van der Waals surface area contributed by atoms with Gasteiger partial charge < -0.3 is 15.7 Å². The van der Waals surface area contributed by atoms with E-state index >= 15 is 0 Å². The summed E-state index contributed by atoms with van der Waals surface area (Å²) in [5.74, 6) is 0.635. The number of nitrogens with zero attached hydrogens (tertiary/aromatic N) is 5. The van der Waals surface area contributed by atoms with Gasteiger partial charge in [0, 0.05) is 57.3 Å². The van der Waals surface area contributed by atoms with Gasteiger partial charge in [-0.3, -0.25) is 14.4 Å². The van der Waals surface area contributed by atoms with Crippen molar-refractivity contribution in [1.29, 1.82) is 0 Å². The Morgan fingerprint density at radius 3 is 2.54 bits per heavy atom. The summed E-state index contributed by atoms with van der Waals surface area (Å²) in [7, 11) is 5.46. The van der Waals surface area contributed by atoms with Gasteiger partial charge in [0.05, 0.1) is 18.0 Å². The lowest BCUT2D eigenvalue weighted by molar-refractivity contribution is 0.180. The van der Waals surface area contributed by atoms with Crippen molar-refractivity contribution in [2.24, 2.45) is 19.1 Å². The summed E-state index contributed by atoms with van der Waals surface area (Å²) in [5.41, 5.74) is 4.06. The minimum atomic E-state index is -0.635. The predicted molar refractivity (Wildman–Crippen MR) is 104 cm³/mol. The van der Waals surface area contributed by atoms with Gasteiger partial charge in [-0.1, -0.05) is 0 Å². The molecule has 134 valence electrons. The number of hydrogen-bond acceptors (Lipinski definition) is 4. The number of aliphatic imine (C=N–C) groups is 1. The summed E-state index contributed by atoms with van der Waals surface area (Å²) in [6.07, 6.45) is 2.82. The molecule has 0 fully saturated rings. The number of aromatic nitrogens is 4. The topological polar surface area (TPSA) is 92.3 Å².